The Morgan fingerprint density at radius 1 is 0.471 bits per heavy atom. The topological polar surface area (TPSA) is 51.8 Å². The number of nitrogens with zero attached hydrogens (tertiary/aromatic N) is 3. The summed E-state index contributed by atoms with van der Waals surface area (Å²) in [5.74, 6) is 4.72. The van der Waals surface area contributed by atoms with Crippen LogP contribution in [0.4, 0.5) is 0 Å². The van der Waals surface area contributed by atoms with Gasteiger partial charge in [-0.25, -0.2) is 15.0 Å². The Bertz CT molecular complexity index is 2580. The fraction of sp³-hybridized carbons (Fsp3) is 0.213. The number of furan rings is 1. The number of benzene rings is 6. The molecule has 0 atom stereocenters. The molecule has 0 saturated heterocycles. The van der Waals surface area contributed by atoms with Crippen LogP contribution in [0.1, 0.15) is 44.1 Å². The van der Waals surface area contributed by atoms with Crippen molar-refractivity contribution in [2.24, 2.45) is 17.8 Å². The molecule has 4 saturated carbocycles. The highest BCUT2D eigenvalue weighted by Gasteiger charge is 2.51. The van der Waals surface area contributed by atoms with Crippen LogP contribution in [-0.2, 0) is 5.41 Å². The van der Waals surface area contributed by atoms with E-state index in [0.717, 1.165) is 78.3 Å². The first kappa shape index (κ1) is 29.2. The molecule has 12 rings (SSSR count). The summed E-state index contributed by atoms with van der Waals surface area (Å²) >= 11 is 0. The van der Waals surface area contributed by atoms with Crippen molar-refractivity contribution in [3.8, 4) is 45.3 Å². The lowest BCUT2D eigenvalue weighted by Crippen LogP contribution is -2.48. The second-order valence-corrected chi connectivity index (χ2v) is 15.5. The highest BCUT2D eigenvalue weighted by atomic mass is 16.3. The van der Waals surface area contributed by atoms with E-state index in [2.05, 4.69) is 109 Å². The van der Waals surface area contributed by atoms with Gasteiger partial charge in [0.05, 0.1) is 0 Å². The molecular formula is C47H37N3O. The lowest BCUT2D eigenvalue weighted by molar-refractivity contribution is -0.00518. The van der Waals surface area contributed by atoms with Crippen LogP contribution < -0.4 is 0 Å². The molecule has 0 aliphatic heterocycles. The monoisotopic (exact) mass is 659 g/mol. The van der Waals surface area contributed by atoms with Crippen LogP contribution in [0.5, 0.6) is 0 Å². The molecule has 2 heterocycles. The number of aromatic nitrogens is 3. The van der Waals surface area contributed by atoms with Gasteiger partial charge in [0.1, 0.15) is 11.2 Å². The normalized spacial score (nSPS) is 22.3. The Hall–Kier alpha value is -5.61. The van der Waals surface area contributed by atoms with Crippen molar-refractivity contribution in [3.05, 3.63) is 139 Å². The smallest absolute Gasteiger partial charge is 0.164 e. The second kappa shape index (κ2) is 11.2. The molecular weight excluding hydrogens is 623 g/mol. The van der Waals surface area contributed by atoms with Crippen molar-refractivity contribution in [2.75, 3.05) is 0 Å². The maximum Gasteiger partial charge on any atom is 0.164 e. The van der Waals surface area contributed by atoms with Crippen LogP contribution in [0, 0.1) is 17.8 Å². The SMILES string of the molecule is c1ccc(-c2nc(-c3cc(-c4ccc(C56CC7CC(CC(C7)C5)C6)cc4)c4oc5ccccc5c4c3)nc(-c3cccc4ccccc34)n2)cc1. The highest BCUT2D eigenvalue weighted by molar-refractivity contribution is 6.11. The van der Waals surface area contributed by atoms with E-state index in [1.165, 1.54) is 44.1 Å². The van der Waals surface area contributed by atoms with Crippen LogP contribution in [0.15, 0.2) is 138 Å². The summed E-state index contributed by atoms with van der Waals surface area (Å²) < 4.78 is 6.64. The zero-order valence-electron chi connectivity index (χ0n) is 28.4. The molecule has 2 aromatic heterocycles. The van der Waals surface area contributed by atoms with E-state index in [1.54, 1.807) is 0 Å². The van der Waals surface area contributed by atoms with Gasteiger partial charge in [-0.3, -0.25) is 0 Å². The average Bonchev–Trinajstić information content (AvgIpc) is 3.56. The molecule has 4 fully saturated rings. The van der Waals surface area contributed by atoms with Crippen molar-refractivity contribution < 1.29 is 4.42 Å². The summed E-state index contributed by atoms with van der Waals surface area (Å²) in [5.41, 5.74) is 8.78. The summed E-state index contributed by atoms with van der Waals surface area (Å²) in [6.07, 6.45) is 8.47. The third-order valence-corrected chi connectivity index (χ3v) is 12.3. The van der Waals surface area contributed by atoms with Gasteiger partial charge in [0.25, 0.3) is 0 Å². The molecule has 246 valence electrons. The Balaban J connectivity index is 1.10. The number of rotatable bonds is 5. The van der Waals surface area contributed by atoms with Gasteiger partial charge in [-0.05, 0) is 102 Å². The molecule has 6 aromatic carbocycles. The number of hydrogen-bond acceptors (Lipinski definition) is 4. The zero-order valence-corrected chi connectivity index (χ0v) is 28.4. The lowest BCUT2D eigenvalue weighted by atomic mass is 9.48. The minimum absolute atomic E-state index is 0.362. The predicted octanol–water partition coefficient (Wildman–Crippen LogP) is 12.1. The van der Waals surface area contributed by atoms with Crippen molar-refractivity contribution in [2.45, 2.75) is 43.9 Å². The van der Waals surface area contributed by atoms with E-state index < -0.39 is 0 Å². The van der Waals surface area contributed by atoms with Gasteiger partial charge >= 0.3 is 0 Å². The fourth-order valence-corrected chi connectivity index (χ4v) is 10.4. The summed E-state index contributed by atoms with van der Waals surface area (Å²) in [6.45, 7) is 0. The van der Waals surface area contributed by atoms with Gasteiger partial charge < -0.3 is 4.42 Å². The third kappa shape index (κ3) is 4.76. The van der Waals surface area contributed by atoms with Crippen molar-refractivity contribution in [1.82, 2.24) is 15.0 Å². The first-order chi connectivity index (χ1) is 25.2. The molecule has 0 amide bonds. The number of para-hydroxylation sites is 1. The van der Waals surface area contributed by atoms with Gasteiger partial charge in [-0.15, -0.1) is 0 Å². The van der Waals surface area contributed by atoms with E-state index in [9.17, 15) is 0 Å². The minimum Gasteiger partial charge on any atom is -0.455 e. The van der Waals surface area contributed by atoms with Gasteiger partial charge in [0.2, 0.25) is 0 Å². The molecule has 4 heteroatoms. The molecule has 4 aliphatic carbocycles. The van der Waals surface area contributed by atoms with E-state index in [-0.39, 0.29) is 0 Å². The third-order valence-electron chi connectivity index (χ3n) is 12.3. The van der Waals surface area contributed by atoms with Crippen LogP contribution in [-0.4, -0.2) is 15.0 Å². The van der Waals surface area contributed by atoms with Gasteiger partial charge in [-0.2, -0.15) is 0 Å². The molecule has 4 bridgehead atoms. The summed E-state index contributed by atoms with van der Waals surface area (Å²) in [7, 11) is 0. The van der Waals surface area contributed by atoms with E-state index in [4.69, 9.17) is 19.4 Å². The maximum atomic E-state index is 6.64. The molecule has 4 nitrogen and oxygen atoms in total. The minimum atomic E-state index is 0.362. The van der Waals surface area contributed by atoms with Crippen LogP contribution in [0.3, 0.4) is 0 Å². The second-order valence-electron chi connectivity index (χ2n) is 15.5. The molecule has 0 spiro atoms. The van der Waals surface area contributed by atoms with Gasteiger partial charge in [-0.1, -0.05) is 115 Å². The molecule has 51 heavy (non-hydrogen) atoms. The summed E-state index contributed by atoms with van der Waals surface area (Å²) in [4.78, 5) is 15.5. The largest absolute Gasteiger partial charge is 0.455 e. The van der Waals surface area contributed by atoms with Crippen molar-refractivity contribution >= 4 is 32.7 Å². The van der Waals surface area contributed by atoms with Crippen LogP contribution >= 0.6 is 0 Å². The van der Waals surface area contributed by atoms with Crippen molar-refractivity contribution in [3.63, 3.8) is 0 Å². The van der Waals surface area contributed by atoms with E-state index >= 15 is 0 Å². The first-order valence-electron chi connectivity index (χ1n) is 18.5. The number of fused-ring (bicyclic) bond motifs is 4. The Morgan fingerprint density at radius 3 is 1.86 bits per heavy atom. The molecule has 0 radical (unpaired) electrons. The summed E-state index contributed by atoms with van der Waals surface area (Å²) in [6, 6.07) is 47.3. The predicted molar refractivity (Wildman–Crippen MR) is 206 cm³/mol. The fourth-order valence-electron chi connectivity index (χ4n) is 10.4. The quantitative estimate of drug-likeness (QED) is 0.184. The Labute approximate surface area is 297 Å². The highest BCUT2D eigenvalue weighted by Crippen LogP contribution is 2.60. The zero-order chi connectivity index (χ0) is 33.5. The van der Waals surface area contributed by atoms with Crippen molar-refractivity contribution in [1.29, 1.82) is 0 Å². The molecule has 0 N–H and O–H groups in total. The van der Waals surface area contributed by atoms with Gasteiger partial charge in [0, 0.05) is 33.0 Å². The van der Waals surface area contributed by atoms with E-state index in [1.807, 2.05) is 24.3 Å². The molecule has 0 unspecified atom stereocenters. The molecule has 8 aromatic rings. The molecule has 4 aliphatic rings. The van der Waals surface area contributed by atoms with Gasteiger partial charge in [0.15, 0.2) is 17.5 Å². The maximum absolute atomic E-state index is 6.64. The lowest BCUT2D eigenvalue weighted by Gasteiger charge is -2.57. The van der Waals surface area contributed by atoms with Crippen LogP contribution in [0.2, 0.25) is 0 Å². The number of hydrogen-bond donors (Lipinski definition) is 0. The average molecular weight is 660 g/mol. The first-order valence-corrected chi connectivity index (χ1v) is 18.5. The summed E-state index contributed by atoms with van der Waals surface area (Å²) in [5, 5.41) is 4.43. The van der Waals surface area contributed by atoms with E-state index in [0.29, 0.717) is 22.9 Å². The standard InChI is InChI=1S/C47H37N3O/c1-2-10-34(11-3-1)44-48-45(50-46(49-44)39-15-8-12-32-9-4-5-13-37(32)39)35-24-40(43-41(25-35)38-14-6-7-16-42(38)51-43)33-17-19-36(20-18-33)47-26-29-21-30(27-47)23-31(22-29)28-47/h1-20,24-25,29-31H,21-23,26-28H2. The van der Waals surface area contributed by atoms with Crippen LogP contribution in [0.25, 0.3) is 78.0 Å². The Kier molecular flexibility index (Phi) is 6.40. The Morgan fingerprint density at radius 2 is 1.10 bits per heavy atom.